The summed E-state index contributed by atoms with van der Waals surface area (Å²) in [6.45, 7) is 6.07. The van der Waals surface area contributed by atoms with Crippen molar-refractivity contribution in [1.82, 2.24) is 10.2 Å². The van der Waals surface area contributed by atoms with E-state index in [-0.39, 0.29) is 18.1 Å². The Kier molecular flexibility index (Phi) is 8.70. The highest BCUT2D eigenvalue weighted by Crippen LogP contribution is 2.30. The zero-order valence-electron chi connectivity index (χ0n) is 17.6. The summed E-state index contributed by atoms with van der Waals surface area (Å²) >= 11 is 12.4. The van der Waals surface area contributed by atoms with Crippen LogP contribution in [0.1, 0.15) is 35.4 Å². The van der Waals surface area contributed by atoms with Crippen LogP contribution in [0, 0.1) is 0 Å². The molecule has 0 saturated carbocycles. The van der Waals surface area contributed by atoms with Crippen LogP contribution in [0.15, 0.2) is 55.1 Å². The Balaban J connectivity index is 1.49. The molecule has 3 rings (SSSR count). The van der Waals surface area contributed by atoms with Gasteiger partial charge in [-0.25, -0.2) is 0 Å². The van der Waals surface area contributed by atoms with Gasteiger partial charge in [0.1, 0.15) is 0 Å². The molecule has 31 heavy (non-hydrogen) atoms. The minimum Gasteiger partial charge on any atom is -0.342 e. The van der Waals surface area contributed by atoms with Crippen LogP contribution in [-0.2, 0) is 22.4 Å². The van der Waals surface area contributed by atoms with E-state index in [1.807, 2.05) is 17.0 Å². The SMILES string of the molecule is C=CCNCC(=O)Cc1ccc(C2CCN(C(=O)Cc3c(Cl)cccc3Cl)CC2)cc1. The number of benzene rings is 2. The third-order valence-corrected chi connectivity index (χ3v) is 6.41. The van der Waals surface area contributed by atoms with E-state index < -0.39 is 0 Å². The van der Waals surface area contributed by atoms with Gasteiger partial charge in [-0.05, 0) is 47.6 Å². The average molecular weight is 459 g/mol. The molecule has 0 aromatic heterocycles. The Hall–Kier alpha value is -2.14. The van der Waals surface area contributed by atoms with Crippen molar-refractivity contribution in [3.8, 4) is 0 Å². The molecular formula is C25H28Cl2N2O2. The van der Waals surface area contributed by atoms with Gasteiger partial charge in [0.05, 0.1) is 13.0 Å². The summed E-state index contributed by atoms with van der Waals surface area (Å²) in [5.74, 6) is 0.652. The van der Waals surface area contributed by atoms with Crippen molar-refractivity contribution < 1.29 is 9.59 Å². The van der Waals surface area contributed by atoms with Crippen LogP contribution in [0.3, 0.4) is 0 Å². The number of Topliss-reactive ketones (excluding diaryl/α,β-unsaturated/α-hetero) is 1. The number of piperidine rings is 1. The van der Waals surface area contributed by atoms with Crippen LogP contribution in [0.25, 0.3) is 0 Å². The Morgan fingerprint density at radius 3 is 2.29 bits per heavy atom. The van der Waals surface area contributed by atoms with Gasteiger partial charge >= 0.3 is 0 Å². The topological polar surface area (TPSA) is 49.4 Å². The number of halogens is 2. The van der Waals surface area contributed by atoms with Crippen LogP contribution in [0.4, 0.5) is 0 Å². The van der Waals surface area contributed by atoms with E-state index in [4.69, 9.17) is 23.2 Å². The lowest BCUT2D eigenvalue weighted by Crippen LogP contribution is -2.38. The highest BCUT2D eigenvalue weighted by molar-refractivity contribution is 6.36. The fraction of sp³-hybridized carbons (Fsp3) is 0.360. The number of hydrogen-bond acceptors (Lipinski definition) is 3. The van der Waals surface area contributed by atoms with Gasteiger partial charge in [-0.15, -0.1) is 6.58 Å². The minimum atomic E-state index is 0.0624. The third-order valence-electron chi connectivity index (χ3n) is 5.70. The van der Waals surface area contributed by atoms with Crippen LogP contribution >= 0.6 is 23.2 Å². The lowest BCUT2D eigenvalue weighted by atomic mass is 9.88. The molecule has 2 aromatic rings. The van der Waals surface area contributed by atoms with Gasteiger partial charge in [-0.3, -0.25) is 9.59 Å². The van der Waals surface area contributed by atoms with Crippen molar-refractivity contribution in [2.24, 2.45) is 0 Å². The summed E-state index contributed by atoms with van der Waals surface area (Å²) in [5, 5.41) is 4.10. The van der Waals surface area contributed by atoms with Crippen molar-refractivity contribution in [2.45, 2.75) is 31.6 Å². The molecule has 6 heteroatoms. The first-order chi connectivity index (χ1) is 15.0. The van der Waals surface area contributed by atoms with E-state index >= 15 is 0 Å². The van der Waals surface area contributed by atoms with E-state index in [0.717, 1.165) is 31.5 Å². The maximum absolute atomic E-state index is 12.7. The molecule has 1 aliphatic heterocycles. The van der Waals surface area contributed by atoms with Crippen LogP contribution in [0.2, 0.25) is 10.0 Å². The first kappa shape index (κ1) is 23.5. The number of ketones is 1. The lowest BCUT2D eigenvalue weighted by molar-refractivity contribution is -0.131. The molecule has 164 valence electrons. The van der Waals surface area contributed by atoms with Gasteiger partial charge in [0, 0.05) is 36.1 Å². The fourth-order valence-corrected chi connectivity index (χ4v) is 4.47. The molecule has 0 bridgehead atoms. The predicted octanol–water partition coefficient (Wildman–Crippen LogP) is 4.83. The van der Waals surface area contributed by atoms with E-state index in [1.54, 1.807) is 24.3 Å². The Morgan fingerprint density at radius 2 is 1.68 bits per heavy atom. The number of nitrogens with one attached hydrogen (secondary N) is 1. The Morgan fingerprint density at radius 1 is 1.03 bits per heavy atom. The molecule has 1 amide bonds. The number of nitrogens with zero attached hydrogens (tertiary/aromatic N) is 1. The number of carbonyl (C=O) groups excluding carboxylic acids is 2. The number of rotatable bonds is 9. The van der Waals surface area contributed by atoms with Crippen LogP contribution in [-0.4, -0.2) is 42.8 Å². The van der Waals surface area contributed by atoms with Gasteiger partial charge in [0.2, 0.25) is 5.91 Å². The summed E-state index contributed by atoms with van der Waals surface area (Å²) < 4.78 is 0. The fourth-order valence-electron chi connectivity index (χ4n) is 3.94. The average Bonchev–Trinajstić information content (AvgIpc) is 2.77. The molecule has 1 N–H and O–H groups in total. The Bertz CT molecular complexity index is 899. The van der Waals surface area contributed by atoms with Gasteiger partial charge in [-0.1, -0.05) is 59.6 Å². The number of likely N-dealkylation sites (tertiary alicyclic amines) is 1. The van der Waals surface area contributed by atoms with E-state index in [1.165, 1.54) is 5.56 Å². The summed E-state index contributed by atoms with van der Waals surface area (Å²) in [7, 11) is 0. The molecule has 1 aliphatic rings. The third kappa shape index (κ3) is 6.67. The van der Waals surface area contributed by atoms with E-state index in [9.17, 15) is 9.59 Å². The quantitative estimate of drug-likeness (QED) is 0.432. The summed E-state index contributed by atoms with van der Waals surface area (Å²) in [4.78, 5) is 26.6. The lowest BCUT2D eigenvalue weighted by Gasteiger charge is -2.32. The predicted molar refractivity (Wildman–Crippen MR) is 127 cm³/mol. The number of amides is 1. The molecule has 1 heterocycles. The molecular weight excluding hydrogens is 431 g/mol. The van der Waals surface area contributed by atoms with Gasteiger partial charge in [-0.2, -0.15) is 0 Å². The zero-order valence-corrected chi connectivity index (χ0v) is 19.1. The maximum Gasteiger partial charge on any atom is 0.227 e. The standard InChI is InChI=1S/C25H28Cl2N2O2/c1-2-12-28-17-21(30)15-18-6-8-19(9-7-18)20-10-13-29(14-11-20)25(31)16-22-23(26)4-3-5-24(22)27/h2-9,20,28H,1,10-17H2. The summed E-state index contributed by atoms with van der Waals surface area (Å²) in [5.41, 5.74) is 2.99. The van der Waals surface area contributed by atoms with Crippen LogP contribution in [0.5, 0.6) is 0 Å². The first-order valence-electron chi connectivity index (χ1n) is 10.6. The smallest absolute Gasteiger partial charge is 0.227 e. The second kappa shape index (κ2) is 11.5. The maximum atomic E-state index is 12.7. The van der Waals surface area contributed by atoms with Gasteiger partial charge in [0.25, 0.3) is 0 Å². The molecule has 1 saturated heterocycles. The largest absolute Gasteiger partial charge is 0.342 e. The molecule has 2 aromatic carbocycles. The molecule has 0 spiro atoms. The van der Waals surface area contributed by atoms with Gasteiger partial charge < -0.3 is 10.2 Å². The summed E-state index contributed by atoms with van der Waals surface area (Å²) in [6, 6.07) is 13.6. The van der Waals surface area contributed by atoms with Crippen molar-refractivity contribution in [2.75, 3.05) is 26.2 Å². The monoisotopic (exact) mass is 458 g/mol. The van der Waals surface area contributed by atoms with E-state index in [0.29, 0.717) is 41.0 Å². The number of hydrogen-bond donors (Lipinski definition) is 1. The zero-order chi connectivity index (χ0) is 22.2. The van der Waals surface area contributed by atoms with Crippen molar-refractivity contribution >= 4 is 34.9 Å². The second-order valence-electron chi connectivity index (χ2n) is 7.91. The highest BCUT2D eigenvalue weighted by atomic mass is 35.5. The molecule has 4 nitrogen and oxygen atoms in total. The van der Waals surface area contributed by atoms with Crippen molar-refractivity contribution in [3.05, 3.63) is 81.9 Å². The van der Waals surface area contributed by atoms with Crippen LogP contribution < -0.4 is 5.32 Å². The second-order valence-corrected chi connectivity index (χ2v) is 8.72. The molecule has 0 unspecified atom stereocenters. The normalized spacial score (nSPS) is 14.5. The van der Waals surface area contributed by atoms with E-state index in [2.05, 4.69) is 24.0 Å². The number of carbonyl (C=O) groups is 2. The Labute approximate surface area is 194 Å². The molecule has 0 radical (unpaired) electrons. The molecule has 0 aliphatic carbocycles. The molecule has 0 atom stereocenters. The minimum absolute atomic E-state index is 0.0624. The highest BCUT2D eigenvalue weighted by Gasteiger charge is 2.24. The van der Waals surface area contributed by atoms with Crippen molar-refractivity contribution in [1.29, 1.82) is 0 Å². The van der Waals surface area contributed by atoms with Gasteiger partial charge in [0.15, 0.2) is 5.78 Å². The summed E-state index contributed by atoms with van der Waals surface area (Å²) in [6.07, 6.45) is 4.25. The van der Waals surface area contributed by atoms with Crippen molar-refractivity contribution in [3.63, 3.8) is 0 Å². The first-order valence-corrected chi connectivity index (χ1v) is 11.4. The molecule has 1 fully saturated rings.